The second-order valence-corrected chi connectivity index (χ2v) is 3.65. The Hall–Kier alpha value is -0.210. The minimum absolute atomic E-state index is 0.665. The molecule has 3 heteroatoms. The highest BCUT2D eigenvalue weighted by Crippen LogP contribution is 2.32. The molecule has 0 saturated heterocycles. The lowest BCUT2D eigenvalue weighted by molar-refractivity contribution is 0.338. The maximum absolute atomic E-state index is 5.99. The normalized spacial score (nSPS) is 10.0. The molecule has 0 N–H and O–H groups in total. The summed E-state index contributed by atoms with van der Waals surface area (Å²) in [5.74, 6) is 0.853. The molecule has 0 fully saturated rings. The van der Waals surface area contributed by atoms with Gasteiger partial charge < -0.3 is 4.74 Å². The van der Waals surface area contributed by atoms with E-state index in [-0.39, 0.29) is 0 Å². The van der Waals surface area contributed by atoms with E-state index in [2.05, 4.69) is 15.9 Å². The van der Waals surface area contributed by atoms with Crippen molar-refractivity contribution < 1.29 is 4.74 Å². The summed E-state index contributed by atoms with van der Waals surface area (Å²) in [4.78, 5) is 0. The molecule has 12 heavy (non-hydrogen) atoms. The number of rotatable bonds is 2. The molecule has 1 aromatic carbocycles. The zero-order chi connectivity index (χ0) is 9.14. The molecule has 66 valence electrons. The first-order valence-corrected chi connectivity index (χ1v) is 4.91. The molecule has 0 bridgehead atoms. The fourth-order valence-electron chi connectivity index (χ4n) is 0.946. The van der Waals surface area contributed by atoms with Gasteiger partial charge in [0.15, 0.2) is 0 Å². The van der Waals surface area contributed by atoms with Gasteiger partial charge in [-0.3, -0.25) is 0 Å². The van der Waals surface area contributed by atoms with Crippen LogP contribution in [0.1, 0.15) is 12.5 Å². The van der Waals surface area contributed by atoms with Crippen molar-refractivity contribution in [3.05, 3.63) is 27.2 Å². The molecule has 0 spiro atoms. The highest BCUT2D eigenvalue weighted by molar-refractivity contribution is 9.10. The maximum Gasteiger partial charge on any atom is 0.123 e. The van der Waals surface area contributed by atoms with E-state index in [1.54, 1.807) is 0 Å². The minimum atomic E-state index is 0.665. The standard InChI is InChI=1S/C9H10BrClO/c1-3-12-8-5-4-7(10)9(11)6(8)2/h4-5H,3H2,1-2H3. The Kier molecular flexibility index (Phi) is 3.41. The molecule has 0 radical (unpaired) electrons. The second-order valence-electron chi connectivity index (χ2n) is 2.42. The van der Waals surface area contributed by atoms with E-state index in [0.29, 0.717) is 6.61 Å². The monoisotopic (exact) mass is 248 g/mol. The van der Waals surface area contributed by atoms with E-state index in [0.717, 1.165) is 20.8 Å². The molecule has 1 aromatic rings. The van der Waals surface area contributed by atoms with Gasteiger partial charge in [0.05, 0.1) is 11.6 Å². The van der Waals surface area contributed by atoms with Crippen molar-refractivity contribution in [3.63, 3.8) is 0 Å². The van der Waals surface area contributed by atoms with E-state index in [9.17, 15) is 0 Å². The summed E-state index contributed by atoms with van der Waals surface area (Å²) in [6, 6.07) is 3.80. The van der Waals surface area contributed by atoms with Crippen LogP contribution in [0.15, 0.2) is 16.6 Å². The number of benzene rings is 1. The van der Waals surface area contributed by atoms with Crippen molar-refractivity contribution in [2.75, 3.05) is 6.61 Å². The molecule has 0 unspecified atom stereocenters. The zero-order valence-electron chi connectivity index (χ0n) is 7.03. The van der Waals surface area contributed by atoms with E-state index in [1.807, 2.05) is 26.0 Å². The topological polar surface area (TPSA) is 9.23 Å². The molecule has 0 aromatic heterocycles. The molecule has 0 atom stereocenters. The molecule has 0 saturated carbocycles. The van der Waals surface area contributed by atoms with Crippen molar-refractivity contribution in [2.24, 2.45) is 0 Å². The fourth-order valence-corrected chi connectivity index (χ4v) is 1.53. The van der Waals surface area contributed by atoms with Gasteiger partial charge in [-0.2, -0.15) is 0 Å². The van der Waals surface area contributed by atoms with Crippen molar-refractivity contribution in [1.82, 2.24) is 0 Å². The van der Waals surface area contributed by atoms with Gasteiger partial charge in [0.2, 0.25) is 0 Å². The van der Waals surface area contributed by atoms with Crippen molar-refractivity contribution in [2.45, 2.75) is 13.8 Å². The Morgan fingerprint density at radius 2 is 2.17 bits per heavy atom. The third-order valence-electron chi connectivity index (χ3n) is 1.59. The van der Waals surface area contributed by atoms with Crippen LogP contribution in [0.5, 0.6) is 5.75 Å². The Morgan fingerprint density at radius 3 is 2.75 bits per heavy atom. The first-order chi connectivity index (χ1) is 5.66. The Bertz CT molecular complexity index is 286. The van der Waals surface area contributed by atoms with Gasteiger partial charge in [-0.15, -0.1) is 0 Å². The van der Waals surface area contributed by atoms with Gasteiger partial charge in [0, 0.05) is 10.0 Å². The van der Waals surface area contributed by atoms with E-state index in [1.165, 1.54) is 0 Å². The number of hydrogen-bond acceptors (Lipinski definition) is 1. The molecular formula is C9H10BrClO. The second kappa shape index (κ2) is 4.15. The summed E-state index contributed by atoms with van der Waals surface area (Å²) in [5.41, 5.74) is 0.980. The summed E-state index contributed by atoms with van der Waals surface area (Å²) < 4.78 is 6.27. The lowest BCUT2D eigenvalue weighted by Gasteiger charge is -2.08. The largest absolute Gasteiger partial charge is 0.494 e. The highest BCUT2D eigenvalue weighted by Gasteiger charge is 2.05. The molecule has 1 rings (SSSR count). The summed E-state index contributed by atoms with van der Waals surface area (Å²) in [6.45, 7) is 4.56. The minimum Gasteiger partial charge on any atom is -0.494 e. The third-order valence-corrected chi connectivity index (χ3v) is 2.97. The Morgan fingerprint density at radius 1 is 1.50 bits per heavy atom. The molecule has 0 aliphatic rings. The molecule has 0 amide bonds. The van der Waals surface area contributed by atoms with Gasteiger partial charge >= 0.3 is 0 Å². The summed E-state index contributed by atoms with van der Waals surface area (Å²) >= 11 is 9.34. The predicted molar refractivity (Wildman–Crippen MR) is 55.1 cm³/mol. The van der Waals surface area contributed by atoms with Gasteiger partial charge in [0.25, 0.3) is 0 Å². The lowest BCUT2D eigenvalue weighted by atomic mass is 10.2. The third kappa shape index (κ3) is 1.93. The smallest absolute Gasteiger partial charge is 0.123 e. The number of ether oxygens (including phenoxy) is 1. The van der Waals surface area contributed by atoms with Crippen molar-refractivity contribution in [3.8, 4) is 5.75 Å². The van der Waals surface area contributed by atoms with Crippen LogP contribution in [0.3, 0.4) is 0 Å². The van der Waals surface area contributed by atoms with Crippen LogP contribution in [-0.2, 0) is 0 Å². The molecule has 1 nitrogen and oxygen atoms in total. The number of halogens is 2. The molecule has 0 heterocycles. The van der Waals surface area contributed by atoms with Crippen LogP contribution in [0.2, 0.25) is 5.02 Å². The fraction of sp³-hybridized carbons (Fsp3) is 0.333. The summed E-state index contributed by atoms with van der Waals surface area (Å²) in [6.07, 6.45) is 0. The predicted octanol–water partition coefficient (Wildman–Crippen LogP) is 3.81. The van der Waals surface area contributed by atoms with Crippen LogP contribution in [0.25, 0.3) is 0 Å². The van der Waals surface area contributed by atoms with Crippen LogP contribution in [0.4, 0.5) is 0 Å². The van der Waals surface area contributed by atoms with E-state index >= 15 is 0 Å². The Labute approximate surface area is 85.8 Å². The van der Waals surface area contributed by atoms with Crippen molar-refractivity contribution in [1.29, 1.82) is 0 Å². The van der Waals surface area contributed by atoms with Crippen LogP contribution in [0, 0.1) is 6.92 Å². The highest BCUT2D eigenvalue weighted by atomic mass is 79.9. The molecular weight excluding hydrogens is 239 g/mol. The summed E-state index contributed by atoms with van der Waals surface area (Å²) in [7, 11) is 0. The van der Waals surface area contributed by atoms with Crippen LogP contribution < -0.4 is 4.74 Å². The van der Waals surface area contributed by atoms with E-state index in [4.69, 9.17) is 16.3 Å². The average molecular weight is 250 g/mol. The Balaban J connectivity index is 3.08. The SMILES string of the molecule is CCOc1ccc(Br)c(Cl)c1C. The van der Waals surface area contributed by atoms with Crippen molar-refractivity contribution >= 4 is 27.5 Å². The van der Waals surface area contributed by atoms with Gasteiger partial charge in [-0.05, 0) is 41.9 Å². The average Bonchev–Trinajstić information content (AvgIpc) is 2.07. The molecule has 0 aliphatic carbocycles. The van der Waals surface area contributed by atoms with Crippen LogP contribution >= 0.6 is 27.5 Å². The van der Waals surface area contributed by atoms with Gasteiger partial charge in [-0.25, -0.2) is 0 Å². The quantitative estimate of drug-likeness (QED) is 0.774. The van der Waals surface area contributed by atoms with Gasteiger partial charge in [0.1, 0.15) is 5.75 Å². The molecule has 0 aliphatic heterocycles. The van der Waals surface area contributed by atoms with E-state index < -0.39 is 0 Å². The lowest BCUT2D eigenvalue weighted by Crippen LogP contribution is -1.94. The van der Waals surface area contributed by atoms with Gasteiger partial charge in [-0.1, -0.05) is 11.6 Å². The van der Waals surface area contributed by atoms with Crippen LogP contribution in [-0.4, -0.2) is 6.61 Å². The number of hydrogen-bond donors (Lipinski definition) is 0. The first-order valence-electron chi connectivity index (χ1n) is 3.74. The zero-order valence-corrected chi connectivity index (χ0v) is 9.37. The maximum atomic E-state index is 5.99. The summed E-state index contributed by atoms with van der Waals surface area (Å²) in [5, 5.41) is 0.723. The first kappa shape index (κ1) is 9.87.